The summed E-state index contributed by atoms with van der Waals surface area (Å²) in [5.74, 6) is -0.239. The van der Waals surface area contributed by atoms with Gasteiger partial charge in [0, 0.05) is 26.1 Å². The van der Waals surface area contributed by atoms with Crippen LogP contribution < -0.4 is 21.1 Å². The van der Waals surface area contributed by atoms with Gasteiger partial charge in [-0.2, -0.15) is 0 Å². The molecule has 2 heterocycles. The number of amides is 3. The number of hydrogen-bond donors (Lipinski definition) is 2. The number of carbonyl (C=O) groups excluding carboxylic acids is 3. The third kappa shape index (κ3) is 7.31. The SMILES string of the molecule is Cn1c(=O)n(C2CCC(=O)NC2=O)c2ccc(OCCOCCOCCNC(=O)OC(C)(C)C)cc21. The minimum absolute atomic E-state index is 0.189. The maximum atomic E-state index is 12.8. The van der Waals surface area contributed by atoms with Crippen molar-refractivity contribution in [3.8, 4) is 5.75 Å². The first-order valence-corrected chi connectivity index (χ1v) is 11.9. The Morgan fingerprint density at radius 3 is 2.44 bits per heavy atom. The van der Waals surface area contributed by atoms with E-state index in [0.717, 1.165) is 0 Å². The lowest BCUT2D eigenvalue weighted by molar-refractivity contribution is -0.135. The van der Waals surface area contributed by atoms with Crippen LogP contribution in [0.4, 0.5) is 4.79 Å². The lowest BCUT2D eigenvalue weighted by atomic mass is 10.1. The highest BCUT2D eigenvalue weighted by Crippen LogP contribution is 2.25. The zero-order valence-corrected chi connectivity index (χ0v) is 21.1. The van der Waals surface area contributed by atoms with Crippen LogP contribution in [0.25, 0.3) is 11.0 Å². The average molecular weight is 507 g/mol. The molecule has 2 N–H and O–H groups in total. The summed E-state index contributed by atoms with van der Waals surface area (Å²) < 4.78 is 24.6. The second-order valence-electron chi connectivity index (χ2n) is 9.33. The number of piperidine rings is 1. The van der Waals surface area contributed by atoms with Crippen molar-refractivity contribution in [1.82, 2.24) is 19.8 Å². The van der Waals surface area contributed by atoms with Crippen LogP contribution in [0.5, 0.6) is 5.75 Å². The normalized spacial score (nSPS) is 16.2. The van der Waals surface area contributed by atoms with Crippen LogP contribution in [0.2, 0.25) is 0 Å². The van der Waals surface area contributed by atoms with Crippen molar-refractivity contribution in [1.29, 1.82) is 0 Å². The summed E-state index contributed by atoms with van der Waals surface area (Å²) in [5, 5.41) is 4.90. The number of imide groups is 1. The summed E-state index contributed by atoms with van der Waals surface area (Å²) >= 11 is 0. The van der Waals surface area contributed by atoms with Crippen LogP contribution in [-0.2, 0) is 30.8 Å². The number of nitrogens with one attached hydrogen (secondary N) is 2. The number of carbonyl (C=O) groups is 3. The molecule has 0 aliphatic carbocycles. The smallest absolute Gasteiger partial charge is 0.407 e. The van der Waals surface area contributed by atoms with Gasteiger partial charge in [0.25, 0.3) is 0 Å². The molecule has 1 unspecified atom stereocenters. The summed E-state index contributed by atoms with van der Waals surface area (Å²) in [6.07, 6.45) is -0.0113. The lowest BCUT2D eigenvalue weighted by Crippen LogP contribution is -2.44. The van der Waals surface area contributed by atoms with Crippen molar-refractivity contribution in [3.05, 3.63) is 28.7 Å². The van der Waals surface area contributed by atoms with Crippen molar-refractivity contribution >= 4 is 28.9 Å². The minimum atomic E-state index is -0.727. The Balaban J connectivity index is 1.39. The summed E-state index contributed by atoms with van der Waals surface area (Å²) in [5.41, 5.74) is 0.348. The molecule has 1 aromatic carbocycles. The average Bonchev–Trinajstić information content (AvgIpc) is 3.04. The Morgan fingerprint density at radius 2 is 1.75 bits per heavy atom. The number of aromatic nitrogens is 2. The molecule has 198 valence electrons. The predicted molar refractivity (Wildman–Crippen MR) is 130 cm³/mol. The van der Waals surface area contributed by atoms with Gasteiger partial charge >= 0.3 is 11.8 Å². The highest BCUT2D eigenvalue weighted by Gasteiger charge is 2.31. The van der Waals surface area contributed by atoms with E-state index in [1.165, 1.54) is 9.13 Å². The quantitative estimate of drug-likeness (QED) is 0.343. The zero-order chi connectivity index (χ0) is 26.3. The summed E-state index contributed by atoms with van der Waals surface area (Å²) in [6, 6.07) is 4.47. The third-order valence-electron chi connectivity index (χ3n) is 5.37. The van der Waals surface area contributed by atoms with Crippen molar-refractivity contribution in [3.63, 3.8) is 0 Å². The number of imidazole rings is 1. The molecule has 1 fully saturated rings. The number of benzene rings is 1. The summed E-state index contributed by atoms with van der Waals surface area (Å²) in [6.45, 7) is 7.46. The van der Waals surface area contributed by atoms with Gasteiger partial charge in [0.2, 0.25) is 11.8 Å². The van der Waals surface area contributed by atoms with E-state index in [-0.39, 0.29) is 24.4 Å². The highest BCUT2D eigenvalue weighted by molar-refractivity contribution is 6.00. The Labute approximate surface area is 208 Å². The Hall–Kier alpha value is -3.38. The molecular formula is C24H34N4O8. The number of aryl methyl sites for hydroxylation is 1. The van der Waals surface area contributed by atoms with Crippen LogP contribution in [-0.4, -0.2) is 72.2 Å². The van der Waals surface area contributed by atoms with Gasteiger partial charge in [-0.25, -0.2) is 9.59 Å². The fraction of sp³-hybridized carbons (Fsp3) is 0.583. The number of nitrogens with zero attached hydrogens (tertiary/aromatic N) is 2. The van der Waals surface area contributed by atoms with E-state index < -0.39 is 23.6 Å². The van der Waals surface area contributed by atoms with Gasteiger partial charge in [0.15, 0.2) is 0 Å². The van der Waals surface area contributed by atoms with E-state index in [0.29, 0.717) is 56.4 Å². The maximum absolute atomic E-state index is 12.8. The van der Waals surface area contributed by atoms with Crippen molar-refractivity contribution in [2.24, 2.45) is 7.05 Å². The molecular weight excluding hydrogens is 472 g/mol. The van der Waals surface area contributed by atoms with Gasteiger partial charge in [0.1, 0.15) is 24.0 Å². The van der Waals surface area contributed by atoms with E-state index >= 15 is 0 Å². The lowest BCUT2D eigenvalue weighted by Gasteiger charge is -2.21. The van der Waals surface area contributed by atoms with Crippen LogP contribution in [0.1, 0.15) is 39.7 Å². The standard InChI is InChI=1S/C24H34N4O8/c1-24(2,3)36-22(31)25-9-10-33-11-12-34-13-14-35-16-5-6-17-19(15-16)27(4)23(32)28(17)18-7-8-20(29)26-21(18)30/h5-6,15,18H,7-14H2,1-4H3,(H,25,31)(H,26,29,30). The molecule has 1 aliphatic rings. The molecule has 1 aromatic heterocycles. The molecule has 1 atom stereocenters. The summed E-state index contributed by atoms with van der Waals surface area (Å²) in [7, 11) is 1.63. The maximum Gasteiger partial charge on any atom is 0.407 e. The van der Waals surface area contributed by atoms with Gasteiger partial charge in [-0.1, -0.05) is 0 Å². The second-order valence-corrected chi connectivity index (χ2v) is 9.33. The van der Waals surface area contributed by atoms with E-state index in [1.54, 1.807) is 46.0 Å². The van der Waals surface area contributed by atoms with E-state index in [1.807, 2.05) is 0 Å². The minimum Gasteiger partial charge on any atom is -0.491 e. The number of hydrogen-bond acceptors (Lipinski definition) is 8. The van der Waals surface area contributed by atoms with Crippen molar-refractivity contribution in [2.75, 3.05) is 39.6 Å². The Bertz CT molecular complexity index is 1150. The van der Waals surface area contributed by atoms with Gasteiger partial charge in [0.05, 0.1) is 37.5 Å². The van der Waals surface area contributed by atoms with E-state index in [4.69, 9.17) is 18.9 Å². The Kier molecular flexibility index (Phi) is 9.10. The zero-order valence-electron chi connectivity index (χ0n) is 21.1. The first-order valence-electron chi connectivity index (χ1n) is 11.9. The van der Waals surface area contributed by atoms with E-state index in [2.05, 4.69) is 10.6 Å². The molecule has 1 aliphatic heterocycles. The molecule has 2 aromatic rings. The van der Waals surface area contributed by atoms with Crippen molar-refractivity contribution in [2.45, 2.75) is 45.3 Å². The first-order chi connectivity index (χ1) is 17.1. The molecule has 36 heavy (non-hydrogen) atoms. The van der Waals surface area contributed by atoms with E-state index in [9.17, 15) is 19.2 Å². The topological polar surface area (TPSA) is 139 Å². The van der Waals surface area contributed by atoms with Crippen molar-refractivity contribution < 1.29 is 33.3 Å². The molecule has 3 amide bonds. The van der Waals surface area contributed by atoms with Crippen LogP contribution in [0.15, 0.2) is 23.0 Å². The van der Waals surface area contributed by atoms with Gasteiger partial charge in [-0.05, 0) is 39.3 Å². The monoisotopic (exact) mass is 506 g/mol. The number of alkyl carbamates (subject to hydrolysis) is 1. The summed E-state index contributed by atoms with van der Waals surface area (Å²) in [4.78, 5) is 48.1. The number of ether oxygens (including phenoxy) is 4. The first kappa shape index (κ1) is 27.2. The van der Waals surface area contributed by atoms with Gasteiger partial charge in [-0.3, -0.25) is 24.0 Å². The van der Waals surface area contributed by atoms with Crippen LogP contribution >= 0.6 is 0 Å². The van der Waals surface area contributed by atoms with Gasteiger partial charge in [-0.15, -0.1) is 0 Å². The largest absolute Gasteiger partial charge is 0.491 e. The molecule has 3 rings (SSSR count). The molecule has 0 radical (unpaired) electrons. The molecule has 12 heteroatoms. The molecule has 12 nitrogen and oxygen atoms in total. The van der Waals surface area contributed by atoms with Gasteiger partial charge < -0.3 is 24.3 Å². The predicted octanol–water partition coefficient (Wildman–Crippen LogP) is 1.25. The Morgan fingerprint density at radius 1 is 1.06 bits per heavy atom. The number of fused-ring (bicyclic) bond motifs is 1. The fourth-order valence-corrected chi connectivity index (χ4v) is 3.74. The molecule has 0 bridgehead atoms. The van der Waals surface area contributed by atoms with Crippen LogP contribution in [0.3, 0.4) is 0 Å². The molecule has 1 saturated heterocycles. The fourth-order valence-electron chi connectivity index (χ4n) is 3.74. The molecule has 0 spiro atoms. The highest BCUT2D eigenvalue weighted by atomic mass is 16.6. The molecule has 0 saturated carbocycles. The number of rotatable bonds is 11. The third-order valence-corrected chi connectivity index (χ3v) is 5.37. The second kappa shape index (κ2) is 12.0. The van der Waals surface area contributed by atoms with Crippen LogP contribution in [0, 0.1) is 0 Å².